The van der Waals surface area contributed by atoms with E-state index in [9.17, 15) is 23.3 Å². The SMILES string of the molecule is COc1ccc(S(=O)(=O)N2CCCCC2)cc1NC(=O)c1ccccc1[N+](=O)[O-]. The van der Waals surface area contributed by atoms with Gasteiger partial charge in [0.2, 0.25) is 10.0 Å². The maximum atomic E-state index is 12.9. The van der Waals surface area contributed by atoms with Crippen LogP contribution in [-0.4, -0.2) is 43.8 Å². The van der Waals surface area contributed by atoms with E-state index in [0.717, 1.165) is 19.3 Å². The summed E-state index contributed by atoms with van der Waals surface area (Å²) in [5.41, 5.74) is -0.362. The monoisotopic (exact) mass is 419 g/mol. The normalized spacial score (nSPS) is 14.9. The number of sulfonamides is 1. The van der Waals surface area contributed by atoms with E-state index in [1.807, 2.05) is 0 Å². The Balaban J connectivity index is 1.94. The lowest BCUT2D eigenvalue weighted by molar-refractivity contribution is -0.385. The molecule has 0 radical (unpaired) electrons. The Kier molecular flexibility index (Phi) is 6.14. The molecule has 0 aliphatic carbocycles. The summed E-state index contributed by atoms with van der Waals surface area (Å²) < 4.78 is 32.5. The second-order valence-corrected chi connectivity index (χ2v) is 8.49. The molecule has 1 aliphatic rings. The van der Waals surface area contributed by atoms with Crippen molar-refractivity contribution in [1.29, 1.82) is 0 Å². The van der Waals surface area contributed by atoms with Crippen molar-refractivity contribution in [3.63, 3.8) is 0 Å². The highest BCUT2D eigenvalue weighted by atomic mass is 32.2. The number of anilines is 1. The van der Waals surface area contributed by atoms with Crippen molar-refractivity contribution in [1.82, 2.24) is 4.31 Å². The molecule has 3 rings (SSSR count). The molecular formula is C19H21N3O6S. The molecule has 1 saturated heterocycles. The predicted octanol–water partition coefficient (Wildman–Crippen LogP) is 3.03. The number of nitrogens with zero attached hydrogens (tertiary/aromatic N) is 2. The van der Waals surface area contributed by atoms with Gasteiger partial charge in [-0.05, 0) is 37.1 Å². The number of nitrogens with one attached hydrogen (secondary N) is 1. The van der Waals surface area contributed by atoms with Crippen molar-refractivity contribution in [2.75, 3.05) is 25.5 Å². The summed E-state index contributed by atoms with van der Waals surface area (Å²) in [6.07, 6.45) is 2.60. The molecule has 154 valence electrons. The van der Waals surface area contributed by atoms with E-state index in [4.69, 9.17) is 4.74 Å². The van der Waals surface area contributed by atoms with Gasteiger partial charge in [-0.15, -0.1) is 0 Å². The predicted molar refractivity (Wildman–Crippen MR) is 107 cm³/mol. The van der Waals surface area contributed by atoms with Crippen LogP contribution in [0.4, 0.5) is 11.4 Å². The zero-order chi connectivity index (χ0) is 21.0. The van der Waals surface area contributed by atoms with E-state index in [1.165, 1.54) is 53.9 Å². The summed E-state index contributed by atoms with van der Waals surface area (Å²) in [6.45, 7) is 0.901. The zero-order valence-corrected chi connectivity index (χ0v) is 16.6. The van der Waals surface area contributed by atoms with Crippen molar-refractivity contribution in [3.8, 4) is 5.75 Å². The highest BCUT2D eigenvalue weighted by Gasteiger charge is 2.27. The molecule has 1 heterocycles. The van der Waals surface area contributed by atoms with E-state index >= 15 is 0 Å². The highest BCUT2D eigenvalue weighted by molar-refractivity contribution is 7.89. The smallest absolute Gasteiger partial charge is 0.282 e. The minimum atomic E-state index is -3.71. The molecule has 1 fully saturated rings. The molecule has 0 atom stereocenters. The lowest BCUT2D eigenvalue weighted by Crippen LogP contribution is -2.35. The topological polar surface area (TPSA) is 119 Å². The van der Waals surface area contributed by atoms with Crippen molar-refractivity contribution in [2.24, 2.45) is 0 Å². The average molecular weight is 419 g/mol. The number of amides is 1. The average Bonchev–Trinajstić information content (AvgIpc) is 2.74. The minimum absolute atomic E-state index is 0.0260. The lowest BCUT2D eigenvalue weighted by Gasteiger charge is -2.26. The third kappa shape index (κ3) is 4.38. The first-order chi connectivity index (χ1) is 13.8. The van der Waals surface area contributed by atoms with Crippen LogP contribution in [0.1, 0.15) is 29.6 Å². The van der Waals surface area contributed by atoms with Crippen LogP contribution in [-0.2, 0) is 10.0 Å². The van der Waals surface area contributed by atoms with Gasteiger partial charge in [0, 0.05) is 19.2 Å². The number of carbonyl (C=O) groups is 1. The fourth-order valence-electron chi connectivity index (χ4n) is 3.21. The zero-order valence-electron chi connectivity index (χ0n) is 15.8. The summed E-state index contributed by atoms with van der Waals surface area (Å²) in [4.78, 5) is 23.2. The molecule has 9 nitrogen and oxygen atoms in total. The van der Waals surface area contributed by atoms with E-state index in [1.54, 1.807) is 0 Å². The van der Waals surface area contributed by atoms with Crippen LogP contribution in [0, 0.1) is 10.1 Å². The summed E-state index contributed by atoms with van der Waals surface area (Å²) >= 11 is 0. The second-order valence-electron chi connectivity index (χ2n) is 6.56. The first kappa shape index (κ1) is 20.7. The van der Waals surface area contributed by atoms with Gasteiger partial charge in [0.15, 0.2) is 0 Å². The number of ether oxygens (including phenoxy) is 1. The van der Waals surface area contributed by atoms with Crippen molar-refractivity contribution in [3.05, 3.63) is 58.1 Å². The molecule has 0 saturated carbocycles. The molecule has 1 amide bonds. The molecular weight excluding hydrogens is 398 g/mol. The number of nitro benzene ring substituents is 1. The number of carbonyl (C=O) groups excluding carboxylic acids is 1. The van der Waals surface area contributed by atoms with Gasteiger partial charge < -0.3 is 10.1 Å². The first-order valence-electron chi connectivity index (χ1n) is 9.07. The van der Waals surface area contributed by atoms with Crippen molar-refractivity contribution < 1.29 is 22.9 Å². The van der Waals surface area contributed by atoms with Crippen LogP contribution in [0.3, 0.4) is 0 Å². The van der Waals surface area contributed by atoms with E-state index in [-0.39, 0.29) is 27.6 Å². The Morgan fingerprint density at radius 1 is 1.14 bits per heavy atom. The Bertz CT molecular complexity index is 1030. The van der Waals surface area contributed by atoms with Gasteiger partial charge in [0.25, 0.3) is 11.6 Å². The quantitative estimate of drug-likeness (QED) is 0.568. The van der Waals surface area contributed by atoms with E-state index < -0.39 is 20.9 Å². The largest absolute Gasteiger partial charge is 0.495 e. The Morgan fingerprint density at radius 3 is 2.48 bits per heavy atom. The van der Waals surface area contributed by atoms with Crippen LogP contribution < -0.4 is 10.1 Å². The van der Waals surface area contributed by atoms with Crippen LogP contribution in [0.15, 0.2) is 47.4 Å². The number of benzene rings is 2. The van der Waals surface area contributed by atoms with Crippen LogP contribution in [0.25, 0.3) is 0 Å². The molecule has 0 aromatic heterocycles. The summed E-state index contributed by atoms with van der Waals surface area (Å²) in [7, 11) is -2.33. The van der Waals surface area contributed by atoms with Gasteiger partial charge in [0.05, 0.1) is 22.6 Å². The van der Waals surface area contributed by atoms with E-state index in [2.05, 4.69) is 5.32 Å². The molecule has 2 aromatic rings. The lowest BCUT2D eigenvalue weighted by atomic mass is 10.1. The highest BCUT2D eigenvalue weighted by Crippen LogP contribution is 2.31. The summed E-state index contributed by atoms with van der Waals surface area (Å²) in [5, 5.41) is 13.7. The van der Waals surface area contributed by atoms with Gasteiger partial charge in [0.1, 0.15) is 11.3 Å². The number of piperidine rings is 1. The van der Waals surface area contributed by atoms with Crippen LogP contribution in [0.5, 0.6) is 5.75 Å². The number of para-hydroxylation sites is 1. The number of methoxy groups -OCH3 is 1. The molecule has 0 bridgehead atoms. The minimum Gasteiger partial charge on any atom is -0.495 e. The maximum absolute atomic E-state index is 12.9. The van der Waals surface area contributed by atoms with Crippen LogP contribution >= 0.6 is 0 Å². The van der Waals surface area contributed by atoms with Gasteiger partial charge in [-0.3, -0.25) is 14.9 Å². The van der Waals surface area contributed by atoms with E-state index in [0.29, 0.717) is 13.1 Å². The third-order valence-electron chi connectivity index (χ3n) is 4.72. The number of nitro groups is 1. The van der Waals surface area contributed by atoms with Crippen molar-refractivity contribution >= 4 is 27.3 Å². The van der Waals surface area contributed by atoms with Crippen LogP contribution in [0.2, 0.25) is 0 Å². The summed E-state index contributed by atoms with van der Waals surface area (Å²) in [5.74, 6) is -0.488. The van der Waals surface area contributed by atoms with Crippen molar-refractivity contribution in [2.45, 2.75) is 24.2 Å². The number of rotatable bonds is 6. The van der Waals surface area contributed by atoms with Gasteiger partial charge in [-0.1, -0.05) is 18.6 Å². The fraction of sp³-hybridized carbons (Fsp3) is 0.316. The molecule has 29 heavy (non-hydrogen) atoms. The third-order valence-corrected chi connectivity index (χ3v) is 6.61. The number of hydrogen-bond acceptors (Lipinski definition) is 6. The molecule has 10 heteroatoms. The molecule has 1 aliphatic heterocycles. The molecule has 1 N–H and O–H groups in total. The Morgan fingerprint density at radius 2 is 1.83 bits per heavy atom. The van der Waals surface area contributed by atoms with Gasteiger partial charge >= 0.3 is 0 Å². The first-order valence-corrected chi connectivity index (χ1v) is 10.5. The standard InChI is InChI=1S/C19H21N3O6S/c1-28-18-10-9-14(29(26,27)21-11-5-2-6-12-21)13-16(18)20-19(23)15-7-3-4-8-17(15)22(24)25/h3-4,7-10,13H,2,5-6,11-12H2,1H3,(H,20,23). The Labute approximate surface area is 168 Å². The number of hydrogen-bond donors (Lipinski definition) is 1. The maximum Gasteiger partial charge on any atom is 0.282 e. The molecule has 2 aromatic carbocycles. The Hall–Kier alpha value is -2.98. The van der Waals surface area contributed by atoms with Gasteiger partial charge in [-0.2, -0.15) is 4.31 Å². The second kappa shape index (κ2) is 8.58. The van der Waals surface area contributed by atoms with Gasteiger partial charge in [-0.25, -0.2) is 8.42 Å². The molecule has 0 spiro atoms. The summed E-state index contributed by atoms with van der Waals surface area (Å²) in [6, 6.07) is 9.71. The molecule has 0 unspecified atom stereocenters. The fourth-order valence-corrected chi connectivity index (χ4v) is 4.76.